The number of nitrogens with zero attached hydrogens (tertiary/aromatic N) is 1. The Hall–Kier alpha value is -2.67. The van der Waals surface area contributed by atoms with E-state index in [1.807, 2.05) is 24.3 Å². The van der Waals surface area contributed by atoms with Crippen molar-refractivity contribution in [3.63, 3.8) is 0 Å². The first-order chi connectivity index (χ1) is 9.65. The molecule has 3 aromatic rings. The summed E-state index contributed by atoms with van der Waals surface area (Å²) in [5, 5.41) is 2.53. The van der Waals surface area contributed by atoms with Crippen molar-refractivity contribution in [1.29, 1.82) is 0 Å². The van der Waals surface area contributed by atoms with Crippen LogP contribution in [0.15, 0.2) is 35.8 Å². The van der Waals surface area contributed by atoms with E-state index in [1.165, 1.54) is 5.38 Å². The molecule has 6 nitrogen and oxygen atoms in total. The summed E-state index contributed by atoms with van der Waals surface area (Å²) < 4.78 is 4.63. The highest BCUT2D eigenvalue weighted by Crippen LogP contribution is 2.24. The number of aromatic amines is 1. The summed E-state index contributed by atoms with van der Waals surface area (Å²) in [7, 11) is 0. The predicted octanol–water partition coefficient (Wildman–Crippen LogP) is 2.31. The molecule has 0 saturated heterocycles. The monoisotopic (exact) mass is 287 g/mol. The lowest BCUT2D eigenvalue weighted by atomic mass is 10.1. The molecule has 0 aliphatic carbocycles. The number of rotatable bonds is 3. The van der Waals surface area contributed by atoms with Crippen LogP contribution in [-0.2, 0) is 0 Å². The lowest BCUT2D eigenvalue weighted by Gasteiger charge is -1.95. The van der Waals surface area contributed by atoms with Crippen LogP contribution in [0.5, 0.6) is 5.88 Å². The van der Waals surface area contributed by atoms with Crippen LogP contribution in [-0.4, -0.2) is 21.8 Å². The fraction of sp³-hybridized carbons (Fsp3) is 0. The van der Waals surface area contributed by atoms with Crippen molar-refractivity contribution >= 4 is 34.1 Å². The number of fused-ring (bicyclic) bond motifs is 1. The molecule has 7 heteroatoms. The number of nitrogens with one attached hydrogen (secondary N) is 1. The van der Waals surface area contributed by atoms with Crippen LogP contribution in [0.4, 0.5) is 4.79 Å². The first-order valence-electron chi connectivity index (χ1n) is 5.69. The standard InChI is InChI=1S/C13H9N3O3S/c14-13(18)19-10-6-20-12(16-10)11(17)8-5-15-9-4-2-1-3-7(8)9/h1-6,15H,(H2,14,18). The van der Waals surface area contributed by atoms with E-state index in [9.17, 15) is 9.59 Å². The topological polar surface area (TPSA) is 98.1 Å². The largest absolute Gasteiger partial charge is 0.411 e. The number of aromatic nitrogens is 2. The van der Waals surface area contributed by atoms with Crippen LogP contribution in [0.1, 0.15) is 15.4 Å². The fourth-order valence-corrected chi connectivity index (χ4v) is 2.56. The Morgan fingerprint density at radius 1 is 1.30 bits per heavy atom. The highest BCUT2D eigenvalue weighted by molar-refractivity contribution is 7.12. The lowest BCUT2D eigenvalue weighted by molar-refractivity contribution is 0.103. The number of nitrogens with two attached hydrogens (primary N) is 1. The van der Waals surface area contributed by atoms with Gasteiger partial charge >= 0.3 is 6.09 Å². The number of carbonyl (C=O) groups is 2. The van der Waals surface area contributed by atoms with E-state index in [4.69, 9.17) is 5.73 Å². The molecule has 20 heavy (non-hydrogen) atoms. The summed E-state index contributed by atoms with van der Waals surface area (Å²) in [6.07, 6.45) is 0.685. The van der Waals surface area contributed by atoms with Crippen molar-refractivity contribution < 1.29 is 14.3 Å². The van der Waals surface area contributed by atoms with Crippen molar-refractivity contribution in [2.75, 3.05) is 0 Å². The van der Waals surface area contributed by atoms with Gasteiger partial charge in [-0.3, -0.25) is 4.79 Å². The number of amides is 1. The molecule has 1 aromatic carbocycles. The Morgan fingerprint density at radius 3 is 2.90 bits per heavy atom. The third-order valence-electron chi connectivity index (χ3n) is 2.72. The number of H-pyrrole nitrogens is 1. The maximum atomic E-state index is 12.4. The second-order valence-electron chi connectivity index (χ2n) is 3.99. The lowest BCUT2D eigenvalue weighted by Crippen LogP contribution is -2.16. The molecule has 0 aliphatic rings. The van der Waals surface area contributed by atoms with E-state index in [0.29, 0.717) is 5.56 Å². The molecule has 0 spiro atoms. The number of benzene rings is 1. The second-order valence-corrected chi connectivity index (χ2v) is 4.85. The fourth-order valence-electron chi connectivity index (χ4n) is 1.89. The number of hydrogen-bond acceptors (Lipinski definition) is 5. The van der Waals surface area contributed by atoms with Gasteiger partial charge in [-0.05, 0) is 6.07 Å². The minimum absolute atomic E-state index is 0.0330. The van der Waals surface area contributed by atoms with Gasteiger partial charge in [-0.15, -0.1) is 11.3 Å². The summed E-state index contributed by atoms with van der Waals surface area (Å²) in [4.78, 5) is 30.0. The van der Waals surface area contributed by atoms with Crippen molar-refractivity contribution in [3.05, 3.63) is 46.4 Å². The molecular weight excluding hydrogens is 278 g/mol. The molecule has 0 unspecified atom stereocenters. The van der Waals surface area contributed by atoms with Gasteiger partial charge in [0.15, 0.2) is 5.01 Å². The maximum absolute atomic E-state index is 12.4. The van der Waals surface area contributed by atoms with E-state index < -0.39 is 6.09 Å². The van der Waals surface area contributed by atoms with Crippen molar-refractivity contribution in [1.82, 2.24) is 9.97 Å². The summed E-state index contributed by atoms with van der Waals surface area (Å²) in [5.41, 5.74) is 6.30. The quantitative estimate of drug-likeness (QED) is 0.722. The van der Waals surface area contributed by atoms with Gasteiger partial charge in [0, 0.05) is 17.1 Å². The molecular formula is C13H9N3O3S. The van der Waals surface area contributed by atoms with E-state index in [0.717, 1.165) is 22.2 Å². The van der Waals surface area contributed by atoms with Gasteiger partial charge < -0.3 is 15.5 Å². The maximum Gasteiger partial charge on any atom is 0.411 e. The summed E-state index contributed by atoms with van der Waals surface area (Å²) >= 11 is 1.10. The van der Waals surface area contributed by atoms with Crippen LogP contribution in [0.25, 0.3) is 10.9 Å². The Labute approximate surface area is 117 Å². The molecule has 0 saturated carbocycles. The minimum Gasteiger partial charge on any atom is -0.390 e. The Morgan fingerprint density at radius 2 is 2.10 bits per heavy atom. The molecule has 0 radical (unpaired) electrons. The summed E-state index contributed by atoms with van der Waals surface area (Å²) in [6, 6.07) is 7.48. The Balaban J connectivity index is 1.96. The molecule has 0 atom stereocenters. The third kappa shape index (κ3) is 2.14. The van der Waals surface area contributed by atoms with E-state index in [-0.39, 0.29) is 16.7 Å². The number of ether oxygens (including phenoxy) is 1. The summed E-state index contributed by atoms with van der Waals surface area (Å²) in [6.45, 7) is 0. The van der Waals surface area contributed by atoms with Crippen LogP contribution in [0.2, 0.25) is 0 Å². The molecule has 100 valence electrons. The van der Waals surface area contributed by atoms with E-state index in [2.05, 4.69) is 14.7 Å². The number of primary amides is 1. The number of para-hydroxylation sites is 1. The molecule has 3 N–H and O–H groups in total. The highest BCUT2D eigenvalue weighted by atomic mass is 32.1. The zero-order valence-corrected chi connectivity index (χ0v) is 10.9. The molecule has 0 fully saturated rings. The number of ketones is 1. The molecule has 0 bridgehead atoms. The normalized spacial score (nSPS) is 10.6. The first kappa shape index (κ1) is 12.4. The van der Waals surface area contributed by atoms with Crippen LogP contribution in [0.3, 0.4) is 0 Å². The van der Waals surface area contributed by atoms with Crippen LogP contribution in [0, 0.1) is 0 Å². The van der Waals surface area contributed by atoms with Gasteiger partial charge in [-0.2, -0.15) is 4.98 Å². The first-order valence-corrected chi connectivity index (χ1v) is 6.57. The third-order valence-corrected chi connectivity index (χ3v) is 3.54. The van der Waals surface area contributed by atoms with Gasteiger partial charge in [0.05, 0.1) is 10.9 Å². The summed E-state index contributed by atoms with van der Waals surface area (Å²) in [5.74, 6) is -0.197. The Kier molecular flexibility index (Phi) is 2.96. The van der Waals surface area contributed by atoms with Crippen molar-refractivity contribution in [2.24, 2.45) is 5.73 Å². The Bertz CT molecular complexity index is 806. The molecule has 3 rings (SSSR count). The highest BCUT2D eigenvalue weighted by Gasteiger charge is 2.18. The van der Waals surface area contributed by atoms with Gasteiger partial charge in [0.25, 0.3) is 0 Å². The number of hydrogen-bond donors (Lipinski definition) is 2. The van der Waals surface area contributed by atoms with Gasteiger partial charge in [0.2, 0.25) is 11.7 Å². The smallest absolute Gasteiger partial charge is 0.390 e. The zero-order chi connectivity index (χ0) is 14.1. The van der Waals surface area contributed by atoms with Gasteiger partial charge in [-0.1, -0.05) is 18.2 Å². The molecule has 2 heterocycles. The second kappa shape index (κ2) is 4.78. The van der Waals surface area contributed by atoms with Crippen molar-refractivity contribution in [3.8, 4) is 5.88 Å². The minimum atomic E-state index is -0.957. The van der Waals surface area contributed by atoms with Gasteiger partial charge in [0.1, 0.15) is 0 Å². The SMILES string of the molecule is NC(=O)Oc1csc(C(=O)c2c[nH]c3ccccc23)n1. The van der Waals surface area contributed by atoms with Crippen molar-refractivity contribution in [2.45, 2.75) is 0 Å². The number of carbonyl (C=O) groups excluding carboxylic acids is 2. The average molecular weight is 287 g/mol. The van der Waals surface area contributed by atoms with Crippen LogP contribution < -0.4 is 10.5 Å². The molecule has 0 aliphatic heterocycles. The van der Waals surface area contributed by atoms with Gasteiger partial charge in [-0.25, -0.2) is 4.79 Å². The molecule has 1 amide bonds. The molecule has 2 aromatic heterocycles. The van der Waals surface area contributed by atoms with Crippen LogP contribution >= 0.6 is 11.3 Å². The van der Waals surface area contributed by atoms with E-state index in [1.54, 1.807) is 6.20 Å². The predicted molar refractivity (Wildman–Crippen MR) is 74.1 cm³/mol. The zero-order valence-electron chi connectivity index (χ0n) is 10.1. The number of thiazole rings is 1. The van der Waals surface area contributed by atoms with E-state index >= 15 is 0 Å². The average Bonchev–Trinajstić information content (AvgIpc) is 3.03.